The molecule has 5 heteroatoms. The molecule has 3 nitrogen and oxygen atoms in total. The van der Waals surface area contributed by atoms with Crippen molar-refractivity contribution >= 4 is 44.5 Å². The fourth-order valence-corrected chi connectivity index (χ4v) is 2.11. The van der Waals surface area contributed by atoms with E-state index in [-0.39, 0.29) is 6.42 Å². The van der Waals surface area contributed by atoms with Gasteiger partial charge >= 0.3 is 5.97 Å². The molecule has 0 unspecified atom stereocenters. The zero-order valence-corrected chi connectivity index (χ0v) is 10.7. The van der Waals surface area contributed by atoms with E-state index in [1.54, 1.807) is 12.1 Å². The molecule has 1 aromatic rings. The number of hydrogen-bond acceptors (Lipinski definition) is 2. The fraction of sp³-hybridized carbons (Fsp3) is 0.111. The Morgan fingerprint density at radius 2 is 2.29 bits per heavy atom. The van der Waals surface area contributed by atoms with Crippen LogP contribution in [0.2, 0.25) is 0 Å². The molecule has 0 aromatic heterocycles. The predicted molar refractivity (Wildman–Crippen MR) is 62.9 cm³/mol. The molecule has 0 radical (unpaired) electrons. The topological polar surface area (TPSA) is 61.1 Å². The second-order valence-corrected chi connectivity index (χ2v) is 4.45. The molecule has 0 aliphatic carbocycles. The van der Waals surface area contributed by atoms with Crippen LogP contribution in [0.3, 0.4) is 0 Å². The molecule has 0 atom stereocenters. The first-order valence-corrected chi connectivity index (χ1v) is 5.52. The summed E-state index contributed by atoms with van der Waals surface area (Å²) in [7, 11) is 0. The lowest BCUT2D eigenvalue weighted by molar-refractivity contribution is -0.136. The number of benzene rings is 1. The van der Waals surface area contributed by atoms with Gasteiger partial charge < -0.3 is 5.11 Å². The quantitative estimate of drug-likeness (QED) is 0.819. The second-order valence-electron chi connectivity index (χ2n) is 2.58. The van der Waals surface area contributed by atoms with Gasteiger partial charge in [-0.05, 0) is 50.2 Å². The number of halogens is 2. The van der Waals surface area contributed by atoms with Gasteiger partial charge in [0.15, 0.2) is 0 Å². The molecule has 0 spiro atoms. The highest BCUT2D eigenvalue weighted by molar-refractivity contribution is 14.1. The van der Waals surface area contributed by atoms with E-state index in [0.717, 1.165) is 3.57 Å². The maximum atomic E-state index is 10.5. The summed E-state index contributed by atoms with van der Waals surface area (Å²) < 4.78 is 1.45. The summed E-state index contributed by atoms with van der Waals surface area (Å²) in [5, 5.41) is 17.3. The Labute approximate surface area is 103 Å². The van der Waals surface area contributed by atoms with Gasteiger partial charge in [-0.25, -0.2) is 0 Å². The molecule has 0 heterocycles. The minimum atomic E-state index is -0.875. The van der Waals surface area contributed by atoms with E-state index in [1.807, 2.05) is 28.7 Å². The van der Waals surface area contributed by atoms with Crippen LogP contribution in [0.25, 0.3) is 0 Å². The standard InChI is InChI=1S/C9H5BrINO2/c10-8-6(4-12)2-1-5(9(8)11)3-7(13)14/h1-2H,3H2,(H,13,14). The molecular weight excluding hydrogens is 361 g/mol. The normalized spacial score (nSPS) is 9.50. The van der Waals surface area contributed by atoms with Gasteiger partial charge in [-0.2, -0.15) is 5.26 Å². The first-order valence-electron chi connectivity index (χ1n) is 3.65. The third kappa shape index (κ3) is 2.45. The van der Waals surface area contributed by atoms with Gasteiger partial charge in [0.1, 0.15) is 6.07 Å². The van der Waals surface area contributed by atoms with Crippen molar-refractivity contribution in [3.63, 3.8) is 0 Å². The maximum Gasteiger partial charge on any atom is 0.307 e. The highest BCUT2D eigenvalue weighted by Gasteiger charge is 2.10. The lowest BCUT2D eigenvalue weighted by atomic mass is 10.1. The van der Waals surface area contributed by atoms with E-state index in [9.17, 15) is 4.79 Å². The van der Waals surface area contributed by atoms with Crippen LogP contribution in [0.1, 0.15) is 11.1 Å². The van der Waals surface area contributed by atoms with Crippen LogP contribution in [-0.2, 0) is 11.2 Å². The van der Waals surface area contributed by atoms with Crippen molar-refractivity contribution in [1.82, 2.24) is 0 Å². The zero-order valence-electron chi connectivity index (χ0n) is 6.92. The summed E-state index contributed by atoms with van der Waals surface area (Å²) in [4.78, 5) is 10.5. The Hall–Kier alpha value is -0.610. The maximum absolute atomic E-state index is 10.5. The number of hydrogen-bond donors (Lipinski definition) is 1. The number of carboxylic acid groups (broad SMARTS) is 1. The monoisotopic (exact) mass is 365 g/mol. The van der Waals surface area contributed by atoms with Crippen LogP contribution in [0.5, 0.6) is 0 Å². The van der Waals surface area contributed by atoms with Gasteiger partial charge in [0.05, 0.1) is 12.0 Å². The Kier molecular flexibility index (Phi) is 3.89. The van der Waals surface area contributed by atoms with Crippen molar-refractivity contribution in [2.45, 2.75) is 6.42 Å². The third-order valence-electron chi connectivity index (χ3n) is 1.62. The van der Waals surface area contributed by atoms with Crippen LogP contribution in [0.4, 0.5) is 0 Å². The Bertz CT molecular complexity index is 426. The lowest BCUT2D eigenvalue weighted by Gasteiger charge is -2.04. The van der Waals surface area contributed by atoms with Crippen LogP contribution in [-0.4, -0.2) is 11.1 Å². The molecule has 0 saturated carbocycles. The molecule has 0 fully saturated rings. The smallest absolute Gasteiger partial charge is 0.307 e. The largest absolute Gasteiger partial charge is 0.481 e. The summed E-state index contributed by atoms with van der Waals surface area (Å²) in [5.41, 5.74) is 1.23. The molecule has 72 valence electrons. The van der Waals surface area contributed by atoms with Crippen molar-refractivity contribution in [3.05, 3.63) is 31.3 Å². The summed E-state index contributed by atoms with van der Waals surface area (Å²) in [6, 6.07) is 5.30. The van der Waals surface area contributed by atoms with Crippen molar-refractivity contribution < 1.29 is 9.90 Å². The Morgan fingerprint density at radius 3 is 2.79 bits per heavy atom. The summed E-state index contributed by atoms with van der Waals surface area (Å²) in [6.45, 7) is 0. The van der Waals surface area contributed by atoms with E-state index in [0.29, 0.717) is 15.6 Å². The Morgan fingerprint density at radius 1 is 1.64 bits per heavy atom. The van der Waals surface area contributed by atoms with Crippen molar-refractivity contribution in [2.75, 3.05) is 0 Å². The summed E-state index contributed by atoms with van der Waals surface area (Å²) >= 11 is 5.28. The number of carbonyl (C=O) groups is 1. The van der Waals surface area contributed by atoms with Gasteiger partial charge in [0, 0.05) is 8.04 Å². The van der Waals surface area contributed by atoms with E-state index >= 15 is 0 Å². The van der Waals surface area contributed by atoms with E-state index in [4.69, 9.17) is 10.4 Å². The molecule has 14 heavy (non-hydrogen) atoms. The number of aliphatic carboxylic acids is 1. The van der Waals surface area contributed by atoms with Crippen molar-refractivity contribution in [3.8, 4) is 6.07 Å². The molecule has 1 N–H and O–H groups in total. The first kappa shape index (κ1) is 11.5. The molecule has 0 amide bonds. The molecule has 0 saturated heterocycles. The number of nitriles is 1. The highest BCUT2D eigenvalue weighted by atomic mass is 127. The highest BCUT2D eigenvalue weighted by Crippen LogP contribution is 2.26. The van der Waals surface area contributed by atoms with Gasteiger partial charge in [-0.15, -0.1) is 0 Å². The number of carboxylic acids is 1. The van der Waals surface area contributed by atoms with Crippen LogP contribution >= 0.6 is 38.5 Å². The minimum Gasteiger partial charge on any atom is -0.481 e. The van der Waals surface area contributed by atoms with Gasteiger partial charge in [-0.3, -0.25) is 4.79 Å². The molecule has 0 aliphatic heterocycles. The fourth-order valence-electron chi connectivity index (χ4n) is 0.975. The summed E-state index contributed by atoms with van der Waals surface area (Å²) in [5.74, 6) is -0.875. The van der Waals surface area contributed by atoms with Crippen molar-refractivity contribution in [2.24, 2.45) is 0 Å². The molecule has 1 aromatic carbocycles. The van der Waals surface area contributed by atoms with Crippen LogP contribution < -0.4 is 0 Å². The van der Waals surface area contributed by atoms with E-state index in [2.05, 4.69) is 15.9 Å². The van der Waals surface area contributed by atoms with E-state index < -0.39 is 5.97 Å². The van der Waals surface area contributed by atoms with Gasteiger partial charge in [0.25, 0.3) is 0 Å². The van der Waals surface area contributed by atoms with Gasteiger partial charge in [-0.1, -0.05) is 6.07 Å². The Balaban J connectivity index is 3.18. The predicted octanol–water partition coefficient (Wildman–Crippen LogP) is 2.55. The first-order chi connectivity index (χ1) is 6.56. The minimum absolute atomic E-state index is 0.0252. The van der Waals surface area contributed by atoms with Gasteiger partial charge in [0.2, 0.25) is 0 Å². The SMILES string of the molecule is N#Cc1ccc(CC(=O)O)c(I)c1Br. The third-order valence-corrected chi connectivity index (χ3v) is 4.42. The molecule has 0 bridgehead atoms. The lowest BCUT2D eigenvalue weighted by Crippen LogP contribution is -2.02. The average molecular weight is 366 g/mol. The number of nitrogens with zero attached hydrogens (tertiary/aromatic N) is 1. The van der Waals surface area contributed by atoms with E-state index in [1.165, 1.54) is 0 Å². The molecule has 0 aliphatic rings. The number of rotatable bonds is 2. The molecule has 1 rings (SSSR count). The van der Waals surface area contributed by atoms with Crippen LogP contribution in [0.15, 0.2) is 16.6 Å². The summed E-state index contributed by atoms with van der Waals surface area (Å²) in [6.07, 6.45) is -0.0252. The van der Waals surface area contributed by atoms with Crippen LogP contribution in [0, 0.1) is 14.9 Å². The second kappa shape index (κ2) is 4.75. The molecular formula is C9H5BrINO2. The zero-order chi connectivity index (χ0) is 10.7. The van der Waals surface area contributed by atoms with Crippen molar-refractivity contribution in [1.29, 1.82) is 5.26 Å². The average Bonchev–Trinajstić information content (AvgIpc) is 2.13.